The van der Waals surface area contributed by atoms with Crippen molar-refractivity contribution in [2.45, 2.75) is 25.2 Å². The quantitative estimate of drug-likeness (QED) is 0.932. The van der Waals surface area contributed by atoms with E-state index in [1.807, 2.05) is 32.2 Å². The molecule has 1 N–H and O–H groups in total. The van der Waals surface area contributed by atoms with Gasteiger partial charge in [0.2, 0.25) is 0 Å². The predicted octanol–water partition coefficient (Wildman–Crippen LogP) is 3.47. The lowest BCUT2D eigenvalue weighted by Gasteiger charge is -2.15. The first-order chi connectivity index (χ1) is 9.64. The molecule has 1 aromatic heterocycles. The molecule has 0 bridgehead atoms. The summed E-state index contributed by atoms with van der Waals surface area (Å²) in [5.74, 6) is 0.984. The van der Waals surface area contributed by atoms with Crippen molar-refractivity contribution in [1.82, 2.24) is 15.3 Å². The number of likely N-dealkylation sites (N-methyl/N-ethyl adjacent to an activating group) is 1. The van der Waals surface area contributed by atoms with Crippen LogP contribution in [-0.4, -0.2) is 23.6 Å². The van der Waals surface area contributed by atoms with E-state index >= 15 is 0 Å². The van der Waals surface area contributed by atoms with Gasteiger partial charge in [-0.15, -0.1) is 0 Å². The largest absolute Gasteiger partial charge is 0.319 e. The van der Waals surface area contributed by atoms with Crippen molar-refractivity contribution in [3.63, 3.8) is 0 Å². The van der Waals surface area contributed by atoms with Crippen molar-refractivity contribution >= 4 is 15.9 Å². The molecule has 2 aromatic rings. The maximum atomic E-state index is 4.84. The SMILES string of the molecule is CNCC1(c2nc(C)cc(-c3ccccc3Br)n2)CC1. The first kappa shape index (κ1) is 13.7. The lowest BCUT2D eigenvalue weighted by Crippen LogP contribution is -2.26. The summed E-state index contributed by atoms with van der Waals surface area (Å²) in [4.78, 5) is 9.51. The highest BCUT2D eigenvalue weighted by atomic mass is 79.9. The molecule has 1 fully saturated rings. The van der Waals surface area contributed by atoms with Crippen LogP contribution < -0.4 is 5.32 Å². The number of nitrogens with zero attached hydrogens (tertiary/aromatic N) is 2. The van der Waals surface area contributed by atoms with E-state index in [9.17, 15) is 0 Å². The topological polar surface area (TPSA) is 37.8 Å². The van der Waals surface area contributed by atoms with E-state index in [2.05, 4.69) is 38.4 Å². The zero-order chi connectivity index (χ0) is 14.2. The third-order valence-electron chi connectivity index (χ3n) is 3.85. The summed E-state index contributed by atoms with van der Waals surface area (Å²) in [7, 11) is 1.99. The normalized spacial score (nSPS) is 16.1. The smallest absolute Gasteiger partial charge is 0.136 e. The molecule has 4 heteroatoms. The third-order valence-corrected chi connectivity index (χ3v) is 4.54. The molecule has 0 radical (unpaired) electrons. The van der Waals surface area contributed by atoms with Crippen molar-refractivity contribution in [3.8, 4) is 11.3 Å². The van der Waals surface area contributed by atoms with E-state index < -0.39 is 0 Å². The molecule has 1 aliphatic carbocycles. The molecule has 0 spiro atoms. The maximum Gasteiger partial charge on any atom is 0.136 e. The Morgan fingerprint density at radius 1 is 1.25 bits per heavy atom. The summed E-state index contributed by atoms with van der Waals surface area (Å²) < 4.78 is 1.07. The summed E-state index contributed by atoms with van der Waals surface area (Å²) >= 11 is 3.61. The zero-order valence-corrected chi connectivity index (χ0v) is 13.4. The van der Waals surface area contributed by atoms with Gasteiger partial charge in [0.05, 0.1) is 5.69 Å². The molecule has 3 nitrogen and oxygen atoms in total. The Morgan fingerprint density at radius 2 is 2.00 bits per heavy atom. The summed E-state index contributed by atoms with van der Waals surface area (Å²) in [5, 5.41) is 3.27. The molecule has 0 saturated heterocycles. The van der Waals surface area contributed by atoms with E-state index in [-0.39, 0.29) is 5.41 Å². The van der Waals surface area contributed by atoms with Gasteiger partial charge in [0.1, 0.15) is 5.82 Å². The molecule has 0 unspecified atom stereocenters. The van der Waals surface area contributed by atoms with Crippen LogP contribution in [0, 0.1) is 6.92 Å². The van der Waals surface area contributed by atoms with Crippen molar-refractivity contribution < 1.29 is 0 Å². The standard InChI is InChI=1S/C16H18BrN3/c1-11-9-14(12-5-3-4-6-13(12)17)20-15(19-11)16(7-8-16)10-18-2/h3-6,9,18H,7-8,10H2,1-2H3. The second-order valence-electron chi connectivity index (χ2n) is 5.51. The maximum absolute atomic E-state index is 4.84. The van der Waals surface area contributed by atoms with E-state index in [4.69, 9.17) is 4.98 Å². The van der Waals surface area contributed by atoms with Gasteiger partial charge in [-0.3, -0.25) is 0 Å². The Balaban J connectivity index is 2.06. The van der Waals surface area contributed by atoms with Crippen molar-refractivity contribution in [1.29, 1.82) is 0 Å². The Hall–Kier alpha value is -1.26. The second kappa shape index (κ2) is 5.26. The molecular formula is C16H18BrN3. The average molecular weight is 332 g/mol. The molecule has 104 valence electrons. The van der Waals surface area contributed by atoms with E-state index in [1.54, 1.807) is 0 Å². The lowest BCUT2D eigenvalue weighted by atomic mass is 10.1. The molecule has 1 saturated carbocycles. The highest BCUT2D eigenvalue weighted by Crippen LogP contribution is 2.46. The van der Waals surface area contributed by atoms with Crippen LogP contribution in [0.4, 0.5) is 0 Å². The molecule has 0 aliphatic heterocycles. The average Bonchev–Trinajstić information content (AvgIpc) is 3.20. The summed E-state index contributed by atoms with van der Waals surface area (Å²) in [6.07, 6.45) is 2.35. The van der Waals surface area contributed by atoms with Gasteiger partial charge < -0.3 is 5.32 Å². The molecule has 1 aromatic carbocycles. The first-order valence-corrected chi connectivity index (χ1v) is 7.70. The van der Waals surface area contributed by atoms with Gasteiger partial charge in [-0.2, -0.15) is 0 Å². The molecule has 1 heterocycles. The van der Waals surface area contributed by atoms with Crippen LogP contribution in [0.15, 0.2) is 34.8 Å². The van der Waals surface area contributed by atoms with Crippen molar-refractivity contribution in [2.24, 2.45) is 0 Å². The minimum absolute atomic E-state index is 0.150. The van der Waals surface area contributed by atoms with Crippen LogP contribution in [0.25, 0.3) is 11.3 Å². The van der Waals surface area contributed by atoms with Crippen LogP contribution in [0.1, 0.15) is 24.4 Å². The number of benzene rings is 1. The van der Waals surface area contributed by atoms with Crippen LogP contribution >= 0.6 is 15.9 Å². The number of aromatic nitrogens is 2. The number of rotatable bonds is 4. The Bertz CT molecular complexity index is 635. The fraction of sp³-hybridized carbons (Fsp3) is 0.375. The Labute approximate surface area is 128 Å². The first-order valence-electron chi connectivity index (χ1n) is 6.90. The highest BCUT2D eigenvalue weighted by molar-refractivity contribution is 9.10. The number of aryl methyl sites for hydroxylation is 1. The fourth-order valence-electron chi connectivity index (χ4n) is 2.58. The zero-order valence-electron chi connectivity index (χ0n) is 11.8. The minimum atomic E-state index is 0.150. The van der Waals surface area contributed by atoms with E-state index in [0.29, 0.717) is 0 Å². The van der Waals surface area contributed by atoms with Gasteiger partial charge in [-0.1, -0.05) is 34.1 Å². The molecule has 20 heavy (non-hydrogen) atoms. The molecule has 0 amide bonds. The third kappa shape index (κ3) is 2.50. The number of hydrogen-bond donors (Lipinski definition) is 1. The monoisotopic (exact) mass is 331 g/mol. The molecular weight excluding hydrogens is 314 g/mol. The van der Waals surface area contributed by atoms with Crippen LogP contribution in [0.2, 0.25) is 0 Å². The summed E-state index contributed by atoms with van der Waals surface area (Å²) in [6, 6.07) is 10.3. The number of nitrogens with one attached hydrogen (secondary N) is 1. The van der Waals surface area contributed by atoms with E-state index in [0.717, 1.165) is 33.8 Å². The highest BCUT2D eigenvalue weighted by Gasteiger charge is 2.46. The van der Waals surface area contributed by atoms with Crippen molar-refractivity contribution in [3.05, 3.63) is 46.3 Å². The van der Waals surface area contributed by atoms with Gasteiger partial charge in [-0.25, -0.2) is 9.97 Å². The van der Waals surface area contributed by atoms with Crippen molar-refractivity contribution in [2.75, 3.05) is 13.6 Å². The second-order valence-corrected chi connectivity index (χ2v) is 6.36. The van der Waals surface area contributed by atoms with E-state index in [1.165, 1.54) is 12.8 Å². The van der Waals surface area contributed by atoms with Crippen LogP contribution in [0.3, 0.4) is 0 Å². The number of halogens is 1. The minimum Gasteiger partial charge on any atom is -0.319 e. The Kier molecular flexibility index (Phi) is 3.61. The molecule has 1 aliphatic rings. The van der Waals surface area contributed by atoms with Gasteiger partial charge in [-0.05, 0) is 38.9 Å². The Morgan fingerprint density at radius 3 is 2.65 bits per heavy atom. The molecule has 0 atom stereocenters. The fourth-order valence-corrected chi connectivity index (χ4v) is 3.07. The summed E-state index contributed by atoms with van der Waals surface area (Å²) in [6.45, 7) is 2.99. The van der Waals surface area contributed by atoms with Crippen LogP contribution in [-0.2, 0) is 5.41 Å². The van der Waals surface area contributed by atoms with Gasteiger partial charge in [0.15, 0.2) is 0 Å². The lowest BCUT2D eigenvalue weighted by molar-refractivity contribution is 0.586. The summed E-state index contributed by atoms with van der Waals surface area (Å²) in [5.41, 5.74) is 3.31. The van der Waals surface area contributed by atoms with Crippen LogP contribution in [0.5, 0.6) is 0 Å². The van der Waals surface area contributed by atoms with Gasteiger partial charge >= 0.3 is 0 Å². The molecule has 3 rings (SSSR count). The number of hydrogen-bond acceptors (Lipinski definition) is 3. The van der Waals surface area contributed by atoms with Gasteiger partial charge in [0, 0.05) is 27.7 Å². The van der Waals surface area contributed by atoms with Gasteiger partial charge in [0.25, 0.3) is 0 Å². The predicted molar refractivity (Wildman–Crippen MR) is 84.7 cm³/mol.